The Morgan fingerprint density at radius 2 is 0.927 bits per heavy atom. The van der Waals surface area contributed by atoms with Gasteiger partial charge in [-0.2, -0.15) is 0 Å². The smallest absolute Gasteiger partial charge is 0.145 e. The quantitative estimate of drug-likeness (QED) is 0.170. The van der Waals surface area contributed by atoms with Crippen LogP contribution in [0, 0.1) is 0 Å². The number of fused-ring (bicyclic) bond motifs is 7. The lowest BCUT2D eigenvalue weighted by Crippen LogP contribution is -2.11. The molecule has 0 unspecified atom stereocenters. The molecule has 0 aliphatic carbocycles. The monoisotopic (exact) mass is 719 g/mol. The van der Waals surface area contributed by atoms with E-state index in [2.05, 4.69) is 205 Å². The van der Waals surface area contributed by atoms with E-state index in [1.54, 1.807) is 0 Å². The minimum absolute atomic E-state index is 0.876. The SMILES string of the molecule is c1ccc(-c2ccc3c(c2)sc2cc(N(c4ccc(-c5ccccc5)c5ccccc45)c4ccc(-c5ccccc5)c5oc6ccccc6c45)ccc23)cc1. The van der Waals surface area contributed by atoms with E-state index in [0.717, 1.165) is 50.1 Å². The van der Waals surface area contributed by atoms with E-state index in [1.807, 2.05) is 11.3 Å². The van der Waals surface area contributed by atoms with Gasteiger partial charge in [0, 0.05) is 42.2 Å². The highest BCUT2D eigenvalue weighted by molar-refractivity contribution is 7.25. The van der Waals surface area contributed by atoms with Crippen LogP contribution in [0.2, 0.25) is 0 Å². The molecule has 0 fully saturated rings. The molecule has 11 rings (SSSR count). The van der Waals surface area contributed by atoms with E-state index in [0.29, 0.717) is 0 Å². The molecular formula is C52H33NOS. The summed E-state index contributed by atoms with van der Waals surface area (Å²) in [5.41, 5.74) is 12.1. The molecule has 0 atom stereocenters. The minimum Gasteiger partial charge on any atom is -0.455 e. The number of anilines is 3. The van der Waals surface area contributed by atoms with Crippen molar-refractivity contribution in [2.45, 2.75) is 0 Å². The zero-order chi connectivity index (χ0) is 36.3. The van der Waals surface area contributed by atoms with E-state index in [9.17, 15) is 0 Å². The maximum atomic E-state index is 6.80. The molecule has 9 aromatic carbocycles. The fourth-order valence-electron chi connectivity index (χ4n) is 8.31. The predicted molar refractivity (Wildman–Crippen MR) is 235 cm³/mol. The van der Waals surface area contributed by atoms with Crippen LogP contribution in [0.3, 0.4) is 0 Å². The van der Waals surface area contributed by atoms with E-state index in [-0.39, 0.29) is 0 Å². The van der Waals surface area contributed by atoms with E-state index in [4.69, 9.17) is 4.42 Å². The van der Waals surface area contributed by atoms with Crippen LogP contribution in [0.25, 0.3) is 86.3 Å². The Balaban J connectivity index is 1.19. The van der Waals surface area contributed by atoms with Crippen molar-refractivity contribution in [1.29, 1.82) is 0 Å². The van der Waals surface area contributed by atoms with E-state index >= 15 is 0 Å². The van der Waals surface area contributed by atoms with Gasteiger partial charge in [-0.15, -0.1) is 11.3 Å². The van der Waals surface area contributed by atoms with Crippen LogP contribution < -0.4 is 4.90 Å². The molecule has 0 radical (unpaired) electrons. The Hall–Kier alpha value is -6.94. The highest BCUT2D eigenvalue weighted by atomic mass is 32.1. The summed E-state index contributed by atoms with van der Waals surface area (Å²) in [4.78, 5) is 2.45. The van der Waals surface area contributed by atoms with Crippen LogP contribution in [0.1, 0.15) is 0 Å². The van der Waals surface area contributed by atoms with Gasteiger partial charge in [0.1, 0.15) is 11.2 Å². The van der Waals surface area contributed by atoms with Crippen LogP contribution in [0.5, 0.6) is 0 Å². The van der Waals surface area contributed by atoms with Crippen LogP contribution >= 0.6 is 11.3 Å². The average Bonchev–Trinajstić information content (AvgIpc) is 3.83. The molecule has 3 heteroatoms. The molecule has 258 valence electrons. The van der Waals surface area contributed by atoms with Crippen molar-refractivity contribution in [3.05, 3.63) is 200 Å². The van der Waals surface area contributed by atoms with Crippen molar-refractivity contribution in [2.24, 2.45) is 0 Å². The van der Waals surface area contributed by atoms with Gasteiger partial charge in [-0.25, -0.2) is 0 Å². The first-order valence-electron chi connectivity index (χ1n) is 18.7. The second-order valence-corrected chi connectivity index (χ2v) is 15.1. The Morgan fingerprint density at radius 1 is 0.364 bits per heavy atom. The van der Waals surface area contributed by atoms with Gasteiger partial charge in [-0.1, -0.05) is 158 Å². The maximum absolute atomic E-state index is 6.80. The Kier molecular flexibility index (Phi) is 7.39. The van der Waals surface area contributed by atoms with Crippen LogP contribution in [-0.4, -0.2) is 0 Å². The summed E-state index contributed by atoms with van der Waals surface area (Å²) in [7, 11) is 0. The number of thiophene rings is 1. The topological polar surface area (TPSA) is 16.4 Å². The van der Waals surface area contributed by atoms with Gasteiger partial charge in [0.25, 0.3) is 0 Å². The molecule has 0 amide bonds. The van der Waals surface area contributed by atoms with E-state index < -0.39 is 0 Å². The van der Waals surface area contributed by atoms with E-state index in [1.165, 1.54) is 53.2 Å². The van der Waals surface area contributed by atoms with Crippen molar-refractivity contribution in [2.75, 3.05) is 4.90 Å². The number of rotatable bonds is 6. The highest BCUT2D eigenvalue weighted by Crippen LogP contribution is 2.49. The van der Waals surface area contributed by atoms with Crippen LogP contribution in [0.15, 0.2) is 205 Å². The summed E-state index contributed by atoms with van der Waals surface area (Å²) < 4.78 is 9.34. The fraction of sp³-hybridized carbons (Fsp3) is 0. The van der Waals surface area contributed by atoms with Gasteiger partial charge in [0.15, 0.2) is 0 Å². The molecule has 0 bridgehead atoms. The average molecular weight is 720 g/mol. The Labute approximate surface area is 322 Å². The Morgan fingerprint density at radius 3 is 1.67 bits per heavy atom. The molecule has 0 aliphatic rings. The Bertz CT molecular complexity index is 3200. The lowest BCUT2D eigenvalue weighted by atomic mass is 9.95. The number of nitrogens with zero attached hydrogens (tertiary/aromatic N) is 1. The van der Waals surface area contributed by atoms with Gasteiger partial charge in [0.2, 0.25) is 0 Å². The lowest BCUT2D eigenvalue weighted by molar-refractivity contribution is 0.670. The molecule has 0 saturated heterocycles. The molecular weight excluding hydrogens is 687 g/mol. The van der Waals surface area contributed by atoms with Gasteiger partial charge in [0.05, 0.1) is 16.8 Å². The summed E-state index contributed by atoms with van der Waals surface area (Å²) >= 11 is 1.86. The van der Waals surface area contributed by atoms with Gasteiger partial charge < -0.3 is 9.32 Å². The zero-order valence-electron chi connectivity index (χ0n) is 29.8. The standard InChI is InChI=1S/C52H33NOS/c1-4-14-34(15-5-1)37-24-26-43-44-27-25-38(33-50(44)55-49(43)32-37)53(46-30-28-39(35-16-6-2-7-17-35)41-20-10-11-21-42(41)46)47-31-29-40(36-18-8-3-9-19-36)52-51(47)45-22-12-13-23-48(45)54-52/h1-33H. The van der Waals surface area contributed by atoms with Gasteiger partial charge >= 0.3 is 0 Å². The number of furan rings is 1. The molecule has 2 aromatic heterocycles. The molecule has 11 aromatic rings. The number of para-hydroxylation sites is 1. The minimum atomic E-state index is 0.876. The number of hydrogen-bond acceptors (Lipinski definition) is 3. The van der Waals surface area contributed by atoms with Crippen LogP contribution in [-0.2, 0) is 0 Å². The van der Waals surface area contributed by atoms with Gasteiger partial charge in [-0.05, 0) is 75.7 Å². The highest BCUT2D eigenvalue weighted by Gasteiger charge is 2.24. The second kappa shape index (κ2) is 12.9. The third-order valence-electron chi connectivity index (χ3n) is 10.9. The normalized spacial score (nSPS) is 11.6. The summed E-state index contributed by atoms with van der Waals surface area (Å²) in [6, 6.07) is 72.1. The first-order valence-corrected chi connectivity index (χ1v) is 19.5. The largest absolute Gasteiger partial charge is 0.455 e. The van der Waals surface area contributed by atoms with Gasteiger partial charge in [-0.3, -0.25) is 0 Å². The summed E-state index contributed by atoms with van der Waals surface area (Å²) in [6.45, 7) is 0. The zero-order valence-corrected chi connectivity index (χ0v) is 30.6. The molecule has 2 heterocycles. The van der Waals surface area contributed by atoms with Crippen molar-refractivity contribution in [1.82, 2.24) is 0 Å². The number of hydrogen-bond donors (Lipinski definition) is 0. The summed E-state index contributed by atoms with van der Waals surface area (Å²) in [6.07, 6.45) is 0. The summed E-state index contributed by atoms with van der Waals surface area (Å²) in [5.74, 6) is 0. The van der Waals surface area contributed by atoms with Crippen molar-refractivity contribution < 1.29 is 4.42 Å². The third-order valence-corrected chi connectivity index (χ3v) is 12.0. The van der Waals surface area contributed by atoms with Crippen molar-refractivity contribution in [3.63, 3.8) is 0 Å². The maximum Gasteiger partial charge on any atom is 0.145 e. The van der Waals surface area contributed by atoms with Crippen LogP contribution in [0.4, 0.5) is 17.1 Å². The molecule has 0 aliphatic heterocycles. The first-order chi connectivity index (χ1) is 27.3. The molecule has 55 heavy (non-hydrogen) atoms. The molecule has 0 saturated carbocycles. The lowest BCUT2D eigenvalue weighted by Gasteiger charge is -2.28. The second-order valence-electron chi connectivity index (χ2n) is 14.0. The van der Waals surface area contributed by atoms with Crippen molar-refractivity contribution in [3.8, 4) is 33.4 Å². The molecule has 2 nitrogen and oxygen atoms in total. The molecule has 0 spiro atoms. The first kappa shape index (κ1) is 31.6. The predicted octanol–water partition coefficient (Wildman–Crippen LogP) is 15.6. The van der Waals surface area contributed by atoms with Crippen molar-refractivity contribution >= 4 is 81.3 Å². The number of benzene rings is 9. The fourth-order valence-corrected chi connectivity index (χ4v) is 9.49. The molecule has 0 N–H and O–H groups in total. The third kappa shape index (κ3) is 5.24. The summed E-state index contributed by atoms with van der Waals surface area (Å²) in [5, 5.41) is 7.13.